The van der Waals surface area contributed by atoms with Crippen LogP contribution in [0.4, 0.5) is 11.8 Å². The number of nitrogens with zero attached hydrogens (tertiary/aromatic N) is 6. The Hall–Kier alpha value is -1.97. The van der Waals surface area contributed by atoms with E-state index >= 15 is 0 Å². The molecule has 25 heavy (non-hydrogen) atoms. The van der Waals surface area contributed by atoms with Gasteiger partial charge in [-0.05, 0) is 13.3 Å². The molecule has 1 atom stereocenters. The van der Waals surface area contributed by atoms with Crippen molar-refractivity contribution in [1.82, 2.24) is 25.0 Å². The van der Waals surface area contributed by atoms with Crippen LogP contribution in [0.5, 0.6) is 0 Å². The van der Waals surface area contributed by atoms with Crippen LogP contribution in [0, 0.1) is 0 Å². The summed E-state index contributed by atoms with van der Waals surface area (Å²) in [4.78, 5) is 17.0. The van der Waals surface area contributed by atoms with E-state index in [9.17, 15) is 0 Å². The van der Waals surface area contributed by atoms with Crippen LogP contribution in [-0.4, -0.2) is 58.3 Å². The van der Waals surface area contributed by atoms with Crippen molar-refractivity contribution in [2.24, 2.45) is 0 Å². The summed E-state index contributed by atoms with van der Waals surface area (Å²) in [6.07, 6.45) is 0.807. The van der Waals surface area contributed by atoms with Crippen molar-refractivity contribution in [3.63, 3.8) is 0 Å². The third kappa shape index (κ3) is 4.56. The summed E-state index contributed by atoms with van der Waals surface area (Å²) in [6, 6.07) is 1.74. The Labute approximate surface area is 151 Å². The molecule has 0 aromatic carbocycles. The van der Waals surface area contributed by atoms with E-state index in [1.807, 2.05) is 6.92 Å². The molecule has 0 bridgehead atoms. The first-order chi connectivity index (χ1) is 12.0. The number of hydrogen-bond donors (Lipinski definition) is 1. The lowest BCUT2D eigenvalue weighted by molar-refractivity contribution is 0.109. The van der Waals surface area contributed by atoms with Gasteiger partial charge in [0, 0.05) is 39.4 Å². The second kappa shape index (κ2) is 7.94. The summed E-state index contributed by atoms with van der Waals surface area (Å²) in [7, 11) is 1.62. The van der Waals surface area contributed by atoms with Crippen LogP contribution in [0.2, 0.25) is 5.15 Å². The van der Waals surface area contributed by atoms with Gasteiger partial charge in [-0.3, -0.25) is 4.90 Å². The van der Waals surface area contributed by atoms with Crippen molar-refractivity contribution in [2.75, 3.05) is 43.9 Å². The summed E-state index contributed by atoms with van der Waals surface area (Å²) >= 11 is 5.98. The highest BCUT2D eigenvalue weighted by Crippen LogP contribution is 2.19. The summed E-state index contributed by atoms with van der Waals surface area (Å²) in [5.74, 6) is 2.12. The largest absolute Gasteiger partial charge is 0.374 e. The van der Waals surface area contributed by atoms with Crippen LogP contribution in [0.1, 0.15) is 31.2 Å². The molecule has 1 aliphatic heterocycles. The minimum Gasteiger partial charge on any atom is -0.374 e. The smallest absolute Gasteiger partial charge is 0.240 e. The average Bonchev–Trinajstić information content (AvgIpc) is 2.91. The minimum atomic E-state index is -0.176. The lowest BCUT2D eigenvalue weighted by Gasteiger charge is -2.22. The van der Waals surface area contributed by atoms with Crippen molar-refractivity contribution in [2.45, 2.75) is 26.0 Å². The Balaban J connectivity index is 1.60. The van der Waals surface area contributed by atoms with Crippen LogP contribution < -0.4 is 10.6 Å². The van der Waals surface area contributed by atoms with Gasteiger partial charge in [-0.25, -0.2) is 4.98 Å². The number of hydrogen-bond acceptors (Lipinski definition) is 9. The van der Waals surface area contributed by atoms with Crippen molar-refractivity contribution in [3.05, 3.63) is 22.9 Å². The van der Waals surface area contributed by atoms with Gasteiger partial charge in [0.1, 0.15) is 17.1 Å². The van der Waals surface area contributed by atoms with Gasteiger partial charge in [-0.1, -0.05) is 16.8 Å². The van der Waals surface area contributed by atoms with Gasteiger partial charge in [0.05, 0.1) is 6.54 Å². The fourth-order valence-electron chi connectivity index (χ4n) is 2.74. The van der Waals surface area contributed by atoms with Crippen molar-refractivity contribution in [1.29, 1.82) is 0 Å². The maximum atomic E-state index is 5.98. The highest BCUT2D eigenvalue weighted by Gasteiger charge is 2.20. The molecule has 2 aromatic heterocycles. The molecule has 10 heteroatoms. The molecular weight excluding hydrogens is 346 g/mol. The maximum absolute atomic E-state index is 5.98. The molecule has 2 N–H and O–H groups in total. The minimum absolute atomic E-state index is 0.176. The van der Waals surface area contributed by atoms with Crippen molar-refractivity contribution >= 4 is 23.4 Å². The quantitative estimate of drug-likeness (QED) is 0.787. The van der Waals surface area contributed by atoms with Crippen molar-refractivity contribution in [3.8, 4) is 0 Å². The lowest BCUT2D eigenvalue weighted by atomic mass is 10.3. The van der Waals surface area contributed by atoms with Crippen LogP contribution in [0.15, 0.2) is 10.6 Å². The Morgan fingerprint density at radius 2 is 2.12 bits per heavy atom. The third-order valence-electron chi connectivity index (χ3n) is 4.17. The summed E-state index contributed by atoms with van der Waals surface area (Å²) in [6.45, 7) is 5.96. The molecule has 1 unspecified atom stereocenters. The molecule has 1 aliphatic rings. The standard InChI is InChI=1S/C15H22ClN7O2/c1-10(24-2)14-20-13(25-21-14)9-22-4-3-5-23(7-6-22)12-8-11(16)18-15(17)19-12/h8,10H,3-7,9H2,1-2H3,(H2,17,18,19). The molecule has 0 radical (unpaired) electrons. The summed E-state index contributed by atoms with van der Waals surface area (Å²) < 4.78 is 10.5. The molecule has 0 spiro atoms. The zero-order valence-electron chi connectivity index (χ0n) is 14.4. The van der Waals surface area contributed by atoms with Crippen molar-refractivity contribution < 1.29 is 9.26 Å². The molecule has 9 nitrogen and oxygen atoms in total. The highest BCUT2D eigenvalue weighted by molar-refractivity contribution is 6.29. The average molecular weight is 368 g/mol. The number of nitrogens with two attached hydrogens (primary N) is 1. The van der Waals surface area contributed by atoms with E-state index in [0.717, 1.165) is 38.4 Å². The van der Waals surface area contributed by atoms with Gasteiger partial charge in [0.2, 0.25) is 11.8 Å². The molecule has 3 rings (SSSR count). The molecule has 0 aliphatic carbocycles. The lowest BCUT2D eigenvalue weighted by Crippen LogP contribution is -2.31. The van der Waals surface area contributed by atoms with Gasteiger partial charge in [-0.2, -0.15) is 9.97 Å². The van der Waals surface area contributed by atoms with E-state index in [0.29, 0.717) is 23.4 Å². The van der Waals surface area contributed by atoms with Crippen LogP contribution in [-0.2, 0) is 11.3 Å². The molecule has 0 saturated carbocycles. The zero-order valence-corrected chi connectivity index (χ0v) is 15.1. The van der Waals surface area contributed by atoms with Crippen LogP contribution in [0.3, 0.4) is 0 Å². The van der Waals surface area contributed by atoms with E-state index in [1.54, 1.807) is 13.2 Å². The number of methoxy groups -OCH3 is 1. The van der Waals surface area contributed by atoms with Gasteiger partial charge in [0.15, 0.2) is 5.82 Å². The summed E-state index contributed by atoms with van der Waals surface area (Å²) in [5.41, 5.74) is 5.69. The molecule has 3 heterocycles. The zero-order chi connectivity index (χ0) is 17.8. The monoisotopic (exact) mass is 367 g/mol. The first kappa shape index (κ1) is 17.8. The van der Waals surface area contributed by atoms with E-state index in [4.69, 9.17) is 26.6 Å². The normalized spacial score (nSPS) is 17.5. The SMILES string of the molecule is COC(C)c1noc(CN2CCCN(c3cc(Cl)nc(N)n3)CC2)n1. The Kier molecular flexibility index (Phi) is 5.67. The third-order valence-corrected chi connectivity index (χ3v) is 4.36. The maximum Gasteiger partial charge on any atom is 0.240 e. The van der Waals surface area contributed by atoms with Gasteiger partial charge < -0.3 is 19.9 Å². The van der Waals surface area contributed by atoms with Crippen LogP contribution in [0.25, 0.3) is 0 Å². The van der Waals surface area contributed by atoms with Crippen LogP contribution >= 0.6 is 11.6 Å². The summed E-state index contributed by atoms with van der Waals surface area (Å²) in [5, 5.41) is 4.32. The second-order valence-corrected chi connectivity index (χ2v) is 6.34. The van der Waals surface area contributed by atoms with E-state index < -0.39 is 0 Å². The molecule has 1 saturated heterocycles. The first-order valence-corrected chi connectivity index (χ1v) is 8.55. The Morgan fingerprint density at radius 3 is 2.88 bits per heavy atom. The van der Waals surface area contributed by atoms with Gasteiger partial charge in [-0.15, -0.1) is 0 Å². The number of aromatic nitrogens is 4. The fourth-order valence-corrected chi connectivity index (χ4v) is 2.92. The fraction of sp³-hybridized carbons (Fsp3) is 0.600. The molecule has 0 amide bonds. The second-order valence-electron chi connectivity index (χ2n) is 5.95. The number of ether oxygens (including phenoxy) is 1. The van der Waals surface area contributed by atoms with E-state index in [1.165, 1.54) is 0 Å². The first-order valence-electron chi connectivity index (χ1n) is 8.18. The highest BCUT2D eigenvalue weighted by atomic mass is 35.5. The molecular formula is C15H22ClN7O2. The predicted octanol–water partition coefficient (Wildman–Crippen LogP) is 1.51. The number of anilines is 2. The molecule has 2 aromatic rings. The Morgan fingerprint density at radius 1 is 1.28 bits per heavy atom. The molecule has 1 fully saturated rings. The predicted molar refractivity (Wildman–Crippen MR) is 93.3 cm³/mol. The van der Waals surface area contributed by atoms with E-state index in [-0.39, 0.29) is 12.1 Å². The number of nitrogen functional groups attached to an aromatic ring is 1. The number of rotatable bonds is 5. The topological polar surface area (TPSA) is 106 Å². The Bertz CT molecular complexity index is 691. The van der Waals surface area contributed by atoms with Gasteiger partial charge >= 0.3 is 0 Å². The van der Waals surface area contributed by atoms with E-state index in [2.05, 4.69) is 29.9 Å². The molecule has 136 valence electrons. The number of halogens is 1. The van der Waals surface area contributed by atoms with Gasteiger partial charge in [0.25, 0.3) is 0 Å².